The van der Waals surface area contributed by atoms with Gasteiger partial charge in [0, 0.05) is 12.1 Å². The molecule has 0 N–H and O–H groups in total. The van der Waals surface area contributed by atoms with Crippen LogP contribution in [0.25, 0.3) is 0 Å². The Bertz CT molecular complexity index is 424. The molecule has 14 heavy (non-hydrogen) atoms. The highest BCUT2D eigenvalue weighted by molar-refractivity contribution is 6.31. The van der Waals surface area contributed by atoms with E-state index < -0.39 is 4.92 Å². The minimum Gasteiger partial charge on any atom is -0.258 e. The molecule has 0 unspecified atom stereocenters. The van der Waals surface area contributed by atoms with Gasteiger partial charge in [-0.3, -0.25) is 10.1 Å². The number of halogens is 1. The van der Waals surface area contributed by atoms with E-state index in [0.717, 1.165) is 5.56 Å². The van der Waals surface area contributed by atoms with E-state index in [1.54, 1.807) is 6.92 Å². The van der Waals surface area contributed by atoms with Crippen molar-refractivity contribution in [2.75, 3.05) is 0 Å². The van der Waals surface area contributed by atoms with Gasteiger partial charge in [0.15, 0.2) is 0 Å². The minimum atomic E-state index is -0.522. The van der Waals surface area contributed by atoms with Crippen LogP contribution in [0.2, 0.25) is 5.02 Å². The van der Waals surface area contributed by atoms with E-state index in [-0.39, 0.29) is 12.1 Å². The molecule has 0 atom stereocenters. The number of rotatable bonds is 2. The first-order chi connectivity index (χ1) is 6.56. The van der Waals surface area contributed by atoms with Crippen LogP contribution in [0.5, 0.6) is 0 Å². The van der Waals surface area contributed by atoms with Crippen molar-refractivity contribution in [1.82, 2.24) is 0 Å². The molecule has 0 spiro atoms. The highest BCUT2D eigenvalue weighted by Crippen LogP contribution is 2.26. The summed E-state index contributed by atoms with van der Waals surface area (Å²) in [4.78, 5) is 9.96. The van der Waals surface area contributed by atoms with E-state index >= 15 is 0 Å². The van der Waals surface area contributed by atoms with Crippen molar-refractivity contribution in [3.8, 4) is 6.07 Å². The molecule has 0 amide bonds. The maximum Gasteiger partial charge on any atom is 0.271 e. The Kier molecular flexibility index (Phi) is 3.05. The standard InChI is InChI=1S/C9H7ClN2O2/c1-6-7(2-3-11)4-8(12(13)14)5-9(6)10/h4-5H,2H2,1H3. The Morgan fingerprint density at radius 2 is 2.29 bits per heavy atom. The van der Waals surface area contributed by atoms with Gasteiger partial charge in [-0.15, -0.1) is 0 Å². The first-order valence-electron chi connectivity index (χ1n) is 3.86. The van der Waals surface area contributed by atoms with Gasteiger partial charge in [0.05, 0.1) is 22.4 Å². The second kappa shape index (κ2) is 4.07. The summed E-state index contributed by atoms with van der Waals surface area (Å²) >= 11 is 5.78. The van der Waals surface area contributed by atoms with Crippen LogP contribution in [0.15, 0.2) is 12.1 Å². The number of non-ortho nitro benzene ring substituents is 1. The Hall–Kier alpha value is -1.60. The number of benzene rings is 1. The van der Waals surface area contributed by atoms with Gasteiger partial charge in [0.1, 0.15) is 0 Å². The highest BCUT2D eigenvalue weighted by atomic mass is 35.5. The SMILES string of the molecule is Cc1c(Cl)cc([N+](=O)[O-])cc1CC#N. The lowest BCUT2D eigenvalue weighted by Crippen LogP contribution is -1.94. The van der Waals surface area contributed by atoms with Gasteiger partial charge in [0.25, 0.3) is 5.69 Å². The summed E-state index contributed by atoms with van der Waals surface area (Å²) in [5.41, 5.74) is 1.25. The van der Waals surface area contributed by atoms with Crippen molar-refractivity contribution < 1.29 is 4.92 Å². The topological polar surface area (TPSA) is 66.9 Å². The molecule has 0 saturated carbocycles. The van der Waals surface area contributed by atoms with Crippen LogP contribution in [-0.2, 0) is 6.42 Å². The van der Waals surface area contributed by atoms with Gasteiger partial charge in [-0.05, 0) is 18.1 Å². The molecule has 4 nitrogen and oxygen atoms in total. The molecular weight excluding hydrogens is 204 g/mol. The van der Waals surface area contributed by atoms with Crippen molar-refractivity contribution in [2.24, 2.45) is 0 Å². The fraction of sp³-hybridized carbons (Fsp3) is 0.222. The normalized spacial score (nSPS) is 9.50. The fourth-order valence-electron chi connectivity index (χ4n) is 1.09. The summed E-state index contributed by atoms with van der Waals surface area (Å²) in [7, 11) is 0. The molecule has 1 aromatic rings. The molecule has 0 aromatic heterocycles. The van der Waals surface area contributed by atoms with Crippen LogP contribution in [0.1, 0.15) is 11.1 Å². The third-order valence-electron chi connectivity index (χ3n) is 1.92. The molecule has 72 valence electrons. The van der Waals surface area contributed by atoms with E-state index in [2.05, 4.69) is 0 Å². The van der Waals surface area contributed by atoms with Crippen molar-refractivity contribution in [2.45, 2.75) is 13.3 Å². The minimum absolute atomic E-state index is 0.0779. The molecule has 1 aromatic carbocycles. The molecule has 0 aliphatic heterocycles. The molecule has 0 heterocycles. The van der Waals surface area contributed by atoms with Crippen LogP contribution in [-0.4, -0.2) is 4.92 Å². The number of hydrogen-bond acceptors (Lipinski definition) is 3. The molecule has 0 aliphatic carbocycles. The van der Waals surface area contributed by atoms with Crippen LogP contribution >= 0.6 is 11.6 Å². The highest BCUT2D eigenvalue weighted by Gasteiger charge is 2.12. The molecule has 5 heteroatoms. The summed E-state index contributed by atoms with van der Waals surface area (Å²) < 4.78 is 0. The van der Waals surface area contributed by atoms with Crippen molar-refractivity contribution in [1.29, 1.82) is 5.26 Å². The van der Waals surface area contributed by atoms with E-state index in [4.69, 9.17) is 16.9 Å². The zero-order chi connectivity index (χ0) is 10.7. The third kappa shape index (κ3) is 2.01. The van der Waals surface area contributed by atoms with Crippen LogP contribution in [0.3, 0.4) is 0 Å². The Morgan fingerprint density at radius 1 is 1.64 bits per heavy atom. The zero-order valence-electron chi connectivity index (χ0n) is 7.45. The van der Waals surface area contributed by atoms with E-state index in [1.165, 1.54) is 12.1 Å². The van der Waals surface area contributed by atoms with Gasteiger partial charge in [0.2, 0.25) is 0 Å². The van der Waals surface area contributed by atoms with E-state index in [0.29, 0.717) is 10.6 Å². The molecule has 0 aliphatic rings. The predicted octanol–water partition coefficient (Wildman–Crippen LogP) is 2.62. The second-order valence-electron chi connectivity index (χ2n) is 2.80. The number of nitrogens with zero attached hydrogens (tertiary/aromatic N) is 2. The number of hydrogen-bond donors (Lipinski definition) is 0. The van der Waals surface area contributed by atoms with Crippen molar-refractivity contribution in [3.05, 3.63) is 38.4 Å². The average molecular weight is 211 g/mol. The third-order valence-corrected chi connectivity index (χ3v) is 2.31. The average Bonchev–Trinajstić information content (AvgIpc) is 2.12. The lowest BCUT2D eigenvalue weighted by Gasteiger charge is -2.03. The van der Waals surface area contributed by atoms with Crippen LogP contribution < -0.4 is 0 Å². The summed E-state index contributed by atoms with van der Waals surface area (Å²) in [5.74, 6) is 0. The Balaban J connectivity index is 3.29. The van der Waals surface area contributed by atoms with Gasteiger partial charge in [-0.1, -0.05) is 11.6 Å². The van der Waals surface area contributed by atoms with Gasteiger partial charge >= 0.3 is 0 Å². The summed E-state index contributed by atoms with van der Waals surface area (Å²) in [6.07, 6.45) is 0.132. The van der Waals surface area contributed by atoms with Gasteiger partial charge < -0.3 is 0 Å². The Labute approximate surface area is 85.9 Å². The lowest BCUT2D eigenvalue weighted by atomic mass is 10.1. The van der Waals surface area contributed by atoms with Gasteiger partial charge in [-0.25, -0.2) is 0 Å². The number of nitriles is 1. The van der Waals surface area contributed by atoms with Gasteiger partial charge in [-0.2, -0.15) is 5.26 Å². The maximum atomic E-state index is 10.5. The smallest absolute Gasteiger partial charge is 0.258 e. The quantitative estimate of drug-likeness (QED) is 0.557. The first-order valence-corrected chi connectivity index (χ1v) is 4.24. The lowest BCUT2D eigenvalue weighted by molar-refractivity contribution is -0.384. The molecule has 0 bridgehead atoms. The van der Waals surface area contributed by atoms with Crippen LogP contribution in [0, 0.1) is 28.4 Å². The van der Waals surface area contributed by atoms with Crippen molar-refractivity contribution in [3.63, 3.8) is 0 Å². The maximum absolute atomic E-state index is 10.5. The van der Waals surface area contributed by atoms with E-state index in [1.807, 2.05) is 6.07 Å². The summed E-state index contributed by atoms with van der Waals surface area (Å²) in [5, 5.41) is 19.3. The molecular formula is C9H7ClN2O2. The second-order valence-corrected chi connectivity index (χ2v) is 3.21. The summed E-state index contributed by atoms with van der Waals surface area (Å²) in [6, 6.07) is 4.61. The summed E-state index contributed by atoms with van der Waals surface area (Å²) in [6.45, 7) is 1.73. The monoisotopic (exact) mass is 210 g/mol. The first kappa shape index (κ1) is 10.5. The zero-order valence-corrected chi connectivity index (χ0v) is 8.21. The largest absolute Gasteiger partial charge is 0.271 e. The number of nitro groups is 1. The molecule has 0 saturated heterocycles. The van der Waals surface area contributed by atoms with E-state index in [9.17, 15) is 10.1 Å². The molecule has 0 radical (unpaired) electrons. The van der Waals surface area contributed by atoms with Crippen molar-refractivity contribution >= 4 is 17.3 Å². The van der Waals surface area contributed by atoms with Crippen LogP contribution in [0.4, 0.5) is 5.69 Å². The fourth-order valence-corrected chi connectivity index (χ4v) is 1.33. The molecule has 0 fully saturated rings. The molecule has 1 rings (SSSR count). The number of nitro benzene ring substituents is 1. The predicted molar refractivity (Wildman–Crippen MR) is 52.2 cm³/mol. The Morgan fingerprint density at radius 3 is 2.79 bits per heavy atom.